The predicted octanol–water partition coefficient (Wildman–Crippen LogP) is 5.06. The fourth-order valence-electron chi connectivity index (χ4n) is 2.34. The maximum Gasteiger partial charge on any atom is 0.228 e. The van der Waals surface area contributed by atoms with E-state index in [1.54, 1.807) is 24.3 Å². The maximum absolute atomic E-state index is 14.0. The number of hydrogen-bond acceptors (Lipinski definition) is 1. The van der Waals surface area contributed by atoms with Gasteiger partial charge >= 0.3 is 0 Å². The lowest BCUT2D eigenvalue weighted by Gasteiger charge is -2.15. The Labute approximate surface area is 139 Å². The van der Waals surface area contributed by atoms with Gasteiger partial charge in [0.05, 0.1) is 11.8 Å². The molecule has 0 spiro atoms. The van der Waals surface area contributed by atoms with Crippen LogP contribution in [0.2, 0.25) is 5.02 Å². The summed E-state index contributed by atoms with van der Waals surface area (Å²) in [5.74, 6) is -0.491. The zero-order valence-electron chi connectivity index (χ0n) is 10.6. The Morgan fingerprint density at radius 1 is 1.24 bits per heavy atom. The summed E-state index contributed by atoms with van der Waals surface area (Å²) in [6.45, 7) is 0. The van der Waals surface area contributed by atoms with E-state index in [0.29, 0.717) is 26.3 Å². The molecule has 0 fully saturated rings. The zero-order valence-corrected chi connectivity index (χ0v) is 13.7. The molecule has 1 aliphatic rings. The van der Waals surface area contributed by atoms with Gasteiger partial charge in [-0.25, -0.2) is 4.39 Å². The Balaban J connectivity index is 2.04. The second-order valence-electron chi connectivity index (χ2n) is 4.78. The first-order chi connectivity index (χ1) is 9.95. The Morgan fingerprint density at radius 3 is 2.71 bits per heavy atom. The number of fused-ring (bicyclic) bond motifs is 1. The van der Waals surface area contributed by atoms with Crippen LogP contribution < -0.4 is 5.32 Å². The maximum atomic E-state index is 14.0. The molecule has 2 aromatic rings. The number of amides is 1. The number of halogens is 4. The van der Waals surface area contributed by atoms with Gasteiger partial charge in [-0.3, -0.25) is 4.79 Å². The normalized spacial score (nSPS) is 14.8. The van der Waals surface area contributed by atoms with Crippen molar-refractivity contribution in [3.8, 4) is 0 Å². The van der Waals surface area contributed by atoms with Gasteiger partial charge in [0.2, 0.25) is 5.91 Å². The molecule has 1 amide bonds. The molecule has 0 bridgehead atoms. The van der Waals surface area contributed by atoms with Crippen LogP contribution in [0.5, 0.6) is 0 Å². The molecule has 1 unspecified atom stereocenters. The first-order valence-electron chi connectivity index (χ1n) is 6.17. The van der Waals surface area contributed by atoms with Crippen LogP contribution in [0.4, 0.5) is 10.1 Å². The van der Waals surface area contributed by atoms with E-state index in [0.717, 1.165) is 5.56 Å². The van der Waals surface area contributed by atoms with E-state index in [2.05, 4.69) is 21.2 Å². The van der Waals surface area contributed by atoms with E-state index >= 15 is 0 Å². The summed E-state index contributed by atoms with van der Waals surface area (Å²) in [7, 11) is 0. The smallest absolute Gasteiger partial charge is 0.228 e. The van der Waals surface area contributed by atoms with Crippen molar-refractivity contribution in [3.05, 3.63) is 62.3 Å². The van der Waals surface area contributed by atoms with E-state index in [1.807, 2.05) is 0 Å². The standard InChI is InChI=1S/C15H9BrCl2FNO/c16-8-1-2-9(12(19)5-8)15(18)10-3-7-4-14(21)20-13(7)6-11(10)17/h1-3,5-6,15H,4H2,(H,20,21). The molecule has 0 saturated carbocycles. The monoisotopic (exact) mass is 387 g/mol. The van der Waals surface area contributed by atoms with E-state index in [-0.39, 0.29) is 12.3 Å². The lowest BCUT2D eigenvalue weighted by Crippen LogP contribution is -2.03. The van der Waals surface area contributed by atoms with Gasteiger partial charge in [0.25, 0.3) is 0 Å². The van der Waals surface area contributed by atoms with Crippen molar-refractivity contribution >= 4 is 50.7 Å². The van der Waals surface area contributed by atoms with Crippen molar-refractivity contribution in [2.24, 2.45) is 0 Å². The lowest BCUT2D eigenvalue weighted by atomic mass is 10.0. The Morgan fingerprint density at radius 2 is 2.00 bits per heavy atom. The van der Waals surface area contributed by atoms with Crippen LogP contribution in [0.3, 0.4) is 0 Å². The molecule has 1 aliphatic heterocycles. The number of alkyl halides is 1. The van der Waals surface area contributed by atoms with Gasteiger partial charge in [-0.1, -0.05) is 33.6 Å². The molecule has 1 heterocycles. The van der Waals surface area contributed by atoms with Gasteiger partial charge in [-0.2, -0.15) is 0 Å². The predicted molar refractivity (Wildman–Crippen MR) is 85.6 cm³/mol. The fourth-order valence-corrected chi connectivity index (χ4v) is 3.36. The number of anilines is 1. The number of rotatable bonds is 2. The van der Waals surface area contributed by atoms with Gasteiger partial charge in [0.15, 0.2) is 0 Å². The summed E-state index contributed by atoms with van der Waals surface area (Å²) >= 11 is 15.8. The molecule has 6 heteroatoms. The largest absolute Gasteiger partial charge is 0.325 e. The van der Waals surface area contributed by atoms with E-state index in [4.69, 9.17) is 23.2 Å². The molecule has 0 aliphatic carbocycles. The first kappa shape index (κ1) is 14.8. The minimum Gasteiger partial charge on any atom is -0.325 e. The summed E-state index contributed by atoms with van der Waals surface area (Å²) < 4.78 is 14.7. The minimum atomic E-state index is -0.716. The van der Waals surface area contributed by atoms with Crippen molar-refractivity contribution < 1.29 is 9.18 Å². The van der Waals surface area contributed by atoms with Crippen molar-refractivity contribution in [3.63, 3.8) is 0 Å². The van der Waals surface area contributed by atoms with Crippen LogP contribution in [-0.2, 0) is 11.2 Å². The van der Waals surface area contributed by atoms with Gasteiger partial charge in [-0.05, 0) is 35.4 Å². The summed E-state index contributed by atoms with van der Waals surface area (Å²) in [6.07, 6.45) is 0.284. The van der Waals surface area contributed by atoms with Crippen LogP contribution >= 0.6 is 39.1 Å². The van der Waals surface area contributed by atoms with Crippen molar-refractivity contribution in [2.45, 2.75) is 11.8 Å². The average Bonchev–Trinajstić information content (AvgIpc) is 2.76. The number of carbonyl (C=O) groups is 1. The second-order valence-corrected chi connectivity index (χ2v) is 6.54. The Hall–Kier alpha value is -1.10. The van der Waals surface area contributed by atoms with Crippen LogP contribution in [0.1, 0.15) is 22.1 Å². The first-order valence-corrected chi connectivity index (χ1v) is 7.77. The van der Waals surface area contributed by atoms with E-state index < -0.39 is 11.2 Å². The van der Waals surface area contributed by atoms with Crippen molar-refractivity contribution in [1.82, 2.24) is 0 Å². The molecule has 2 aromatic carbocycles. The molecule has 2 nitrogen and oxygen atoms in total. The second kappa shape index (κ2) is 5.59. The SMILES string of the molecule is O=C1Cc2cc(C(Cl)c3ccc(Br)cc3F)c(Cl)cc2N1. The number of benzene rings is 2. The van der Waals surface area contributed by atoms with Gasteiger partial charge in [0, 0.05) is 20.7 Å². The highest BCUT2D eigenvalue weighted by molar-refractivity contribution is 9.10. The molecular formula is C15H9BrCl2FNO. The van der Waals surface area contributed by atoms with Crippen LogP contribution in [0, 0.1) is 5.82 Å². The summed E-state index contributed by atoms with van der Waals surface area (Å²) in [5.41, 5.74) is 2.45. The van der Waals surface area contributed by atoms with Gasteiger partial charge < -0.3 is 5.32 Å². The molecule has 108 valence electrons. The Kier molecular flexibility index (Phi) is 3.95. The summed E-state index contributed by atoms with van der Waals surface area (Å²) in [6, 6.07) is 8.11. The van der Waals surface area contributed by atoms with E-state index in [9.17, 15) is 9.18 Å². The molecule has 0 aromatic heterocycles. The third-order valence-electron chi connectivity index (χ3n) is 3.36. The molecule has 0 saturated heterocycles. The minimum absolute atomic E-state index is 0.0841. The topological polar surface area (TPSA) is 29.1 Å². The van der Waals surface area contributed by atoms with Gasteiger partial charge in [0.1, 0.15) is 5.82 Å². The molecular weight excluding hydrogens is 380 g/mol. The quantitative estimate of drug-likeness (QED) is 0.715. The number of nitrogens with one attached hydrogen (secondary N) is 1. The van der Waals surface area contributed by atoms with E-state index in [1.165, 1.54) is 6.07 Å². The molecule has 0 radical (unpaired) electrons. The molecule has 21 heavy (non-hydrogen) atoms. The van der Waals surface area contributed by atoms with Crippen LogP contribution in [0.25, 0.3) is 0 Å². The number of carbonyl (C=O) groups excluding carboxylic acids is 1. The summed E-state index contributed by atoms with van der Waals surface area (Å²) in [4.78, 5) is 11.4. The molecule has 3 rings (SSSR count). The average molecular weight is 389 g/mol. The molecule has 1 N–H and O–H groups in total. The van der Waals surface area contributed by atoms with Crippen LogP contribution in [0.15, 0.2) is 34.8 Å². The number of hydrogen-bond donors (Lipinski definition) is 1. The van der Waals surface area contributed by atoms with Crippen molar-refractivity contribution in [2.75, 3.05) is 5.32 Å². The zero-order chi connectivity index (χ0) is 15.1. The van der Waals surface area contributed by atoms with Gasteiger partial charge in [-0.15, -0.1) is 11.6 Å². The highest BCUT2D eigenvalue weighted by atomic mass is 79.9. The third-order valence-corrected chi connectivity index (χ3v) is 4.65. The summed E-state index contributed by atoms with van der Waals surface area (Å²) in [5, 5.41) is 2.40. The highest BCUT2D eigenvalue weighted by Gasteiger charge is 2.24. The Bertz CT molecular complexity index is 751. The third kappa shape index (κ3) is 2.80. The fraction of sp³-hybridized carbons (Fsp3) is 0.133. The van der Waals surface area contributed by atoms with Crippen LogP contribution in [-0.4, -0.2) is 5.91 Å². The van der Waals surface area contributed by atoms with Crippen molar-refractivity contribution in [1.29, 1.82) is 0 Å². The highest BCUT2D eigenvalue weighted by Crippen LogP contribution is 2.39. The lowest BCUT2D eigenvalue weighted by molar-refractivity contribution is -0.115. The molecule has 1 atom stereocenters.